The lowest BCUT2D eigenvalue weighted by atomic mass is 10.2. The lowest BCUT2D eigenvalue weighted by molar-refractivity contribution is -0.136. The molecule has 0 amide bonds. The second-order valence-electron chi connectivity index (χ2n) is 6.11. The Morgan fingerprint density at radius 3 is 2.62 bits per heavy atom. The SMILES string of the molecule is CCCCOc1ccc(-n2c(CCC(=O)O)ccc2-c2cccs2)cc1. The highest BCUT2D eigenvalue weighted by Gasteiger charge is 2.14. The molecule has 3 rings (SSSR count). The molecule has 2 aromatic heterocycles. The van der Waals surface area contributed by atoms with Gasteiger partial charge in [-0.3, -0.25) is 4.79 Å². The number of unbranched alkanes of at least 4 members (excludes halogenated alkanes) is 1. The van der Waals surface area contributed by atoms with E-state index in [1.165, 1.54) is 0 Å². The summed E-state index contributed by atoms with van der Waals surface area (Å²) < 4.78 is 7.89. The molecule has 4 nitrogen and oxygen atoms in total. The summed E-state index contributed by atoms with van der Waals surface area (Å²) in [6.07, 6.45) is 2.77. The van der Waals surface area contributed by atoms with E-state index in [4.69, 9.17) is 9.84 Å². The molecule has 2 heterocycles. The lowest BCUT2D eigenvalue weighted by Crippen LogP contribution is -2.05. The van der Waals surface area contributed by atoms with Gasteiger partial charge in [-0.05, 0) is 60.7 Å². The quantitative estimate of drug-likeness (QED) is 0.514. The summed E-state index contributed by atoms with van der Waals surface area (Å²) in [5.74, 6) is 0.0780. The minimum Gasteiger partial charge on any atom is -0.494 e. The maximum absolute atomic E-state index is 11.0. The average molecular weight is 369 g/mol. The Kier molecular flexibility index (Phi) is 6.12. The van der Waals surface area contributed by atoms with Crippen LogP contribution in [0.2, 0.25) is 0 Å². The number of aliphatic carboxylic acids is 1. The highest BCUT2D eigenvalue weighted by atomic mass is 32.1. The van der Waals surface area contributed by atoms with Crippen LogP contribution in [-0.2, 0) is 11.2 Å². The number of rotatable bonds is 9. The number of benzene rings is 1. The molecule has 0 aliphatic rings. The molecule has 136 valence electrons. The number of ether oxygens (including phenoxy) is 1. The Morgan fingerprint density at radius 2 is 1.96 bits per heavy atom. The molecular formula is C21H23NO3S. The molecule has 5 heteroatoms. The van der Waals surface area contributed by atoms with Gasteiger partial charge in [-0.15, -0.1) is 11.3 Å². The Labute approximate surface area is 157 Å². The number of aromatic nitrogens is 1. The van der Waals surface area contributed by atoms with Crippen LogP contribution >= 0.6 is 11.3 Å². The van der Waals surface area contributed by atoms with Gasteiger partial charge in [0.25, 0.3) is 0 Å². The number of carbonyl (C=O) groups is 1. The van der Waals surface area contributed by atoms with Gasteiger partial charge in [0, 0.05) is 11.4 Å². The molecule has 0 saturated heterocycles. The normalized spacial score (nSPS) is 10.8. The Balaban J connectivity index is 1.91. The van der Waals surface area contributed by atoms with Crippen LogP contribution in [0, 0.1) is 0 Å². The van der Waals surface area contributed by atoms with E-state index in [0.29, 0.717) is 6.42 Å². The van der Waals surface area contributed by atoms with Crippen molar-refractivity contribution in [2.24, 2.45) is 0 Å². The van der Waals surface area contributed by atoms with Crippen LogP contribution in [0.4, 0.5) is 0 Å². The Morgan fingerprint density at radius 1 is 1.15 bits per heavy atom. The topological polar surface area (TPSA) is 51.5 Å². The number of thiophene rings is 1. The third-order valence-corrected chi connectivity index (χ3v) is 5.08. The molecule has 0 fully saturated rings. The van der Waals surface area contributed by atoms with Crippen molar-refractivity contribution >= 4 is 17.3 Å². The van der Waals surface area contributed by atoms with Crippen LogP contribution in [0.25, 0.3) is 16.3 Å². The summed E-state index contributed by atoms with van der Waals surface area (Å²) in [6.45, 7) is 2.87. The summed E-state index contributed by atoms with van der Waals surface area (Å²) in [4.78, 5) is 12.2. The lowest BCUT2D eigenvalue weighted by Gasteiger charge is -2.14. The van der Waals surface area contributed by atoms with Gasteiger partial charge in [0.2, 0.25) is 0 Å². The van der Waals surface area contributed by atoms with Crippen molar-refractivity contribution in [3.63, 3.8) is 0 Å². The first-order chi connectivity index (χ1) is 12.7. The average Bonchev–Trinajstić information content (AvgIpc) is 3.30. The van der Waals surface area contributed by atoms with Gasteiger partial charge in [-0.2, -0.15) is 0 Å². The second-order valence-corrected chi connectivity index (χ2v) is 7.06. The first-order valence-electron chi connectivity index (χ1n) is 8.88. The van der Waals surface area contributed by atoms with Crippen LogP contribution < -0.4 is 4.74 Å². The van der Waals surface area contributed by atoms with Crippen molar-refractivity contribution < 1.29 is 14.6 Å². The molecule has 0 unspecified atom stereocenters. The molecular weight excluding hydrogens is 346 g/mol. The highest BCUT2D eigenvalue weighted by Crippen LogP contribution is 2.31. The van der Waals surface area contributed by atoms with E-state index in [9.17, 15) is 4.79 Å². The van der Waals surface area contributed by atoms with Crippen LogP contribution in [-0.4, -0.2) is 22.2 Å². The predicted octanol–water partition coefficient (Wildman–Crippen LogP) is 5.40. The van der Waals surface area contributed by atoms with Gasteiger partial charge in [0.1, 0.15) is 5.75 Å². The maximum Gasteiger partial charge on any atom is 0.303 e. The van der Waals surface area contributed by atoms with Crippen molar-refractivity contribution in [2.75, 3.05) is 6.61 Å². The minimum atomic E-state index is -0.782. The third kappa shape index (κ3) is 4.35. The van der Waals surface area contributed by atoms with E-state index in [1.54, 1.807) is 11.3 Å². The standard InChI is InChI=1S/C21H23NO3S/c1-2-3-14-25-18-10-6-16(7-11-18)22-17(9-13-21(23)24)8-12-19(22)20-5-4-15-26-20/h4-8,10-12,15H,2-3,9,13-14H2,1H3,(H,23,24). The molecule has 0 radical (unpaired) electrons. The summed E-state index contributed by atoms with van der Waals surface area (Å²) in [5, 5.41) is 11.1. The minimum absolute atomic E-state index is 0.117. The van der Waals surface area contributed by atoms with Crippen molar-refractivity contribution in [2.45, 2.75) is 32.6 Å². The van der Waals surface area contributed by atoms with Crippen molar-refractivity contribution in [1.29, 1.82) is 0 Å². The fraction of sp³-hybridized carbons (Fsp3) is 0.286. The molecule has 0 spiro atoms. The second kappa shape index (κ2) is 8.72. The van der Waals surface area contributed by atoms with E-state index in [-0.39, 0.29) is 6.42 Å². The van der Waals surface area contributed by atoms with Crippen molar-refractivity contribution in [1.82, 2.24) is 4.57 Å². The molecule has 0 atom stereocenters. The van der Waals surface area contributed by atoms with Gasteiger partial charge >= 0.3 is 5.97 Å². The zero-order valence-corrected chi connectivity index (χ0v) is 15.7. The van der Waals surface area contributed by atoms with E-state index in [1.807, 2.05) is 41.8 Å². The first-order valence-corrected chi connectivity index (χ1v) is 9.76. The van der Waals surface area contributed by atoms with Crippen LogP contribution in [0.1, 0.15) is 31.9 Å². The van der Waals surface area contributed by atoms with E-state index in [0.717, 1.165) is 47.2 Å². The van der Waals surface area contributed by atoms with Gasteiger partial charge < -0.3 is 14.4 Å². The summed E-state index contributed by atoms with van der Waals surface area (Å²) in [7, 11) is 0. The molecule has 0 aliphatic heterocycles. The maximum atomic E-state index is 11.0. The predicted molar refractivity (Wildman–Crippen MR) is 105 cm³/mol. The molecule has 0 aliphatic carbocycles. The monoisotopic (exact) mass is 369 g/mol. The molecule has 0 saturated carbocycles. The zero-order chi connectivity index (χ0) is 18.4. The number of hydrogen-bond donors (Lipinski definition) is 1. The zero-order valence-electron chi connectivity index (χ0n) is 14.9. The van der Waals surface area contributed by atoms with Gasteiger partial charge in [0.05, 0.1) is 23.6 Å². The molecule has 0 bridgehead atoms. The van der Waals surface area contributed by atoms with Gasteiger partial charge in [-0.25, -0.2) is 0 Å². The van der Waals surface area contributed by atoms with E-state index < -0.39 is 5.97 Å². The fourth-order valence-electron chi connectivity index (χ4n) is 2.86. The van der Waals surface area contributed by atoms with Gasteiger partial charge in [0.15, 0.2) is 0 Å². The molecule has 3 aromatic rings. The first kappa shape index (κ1) is 18.3. The number of carboxylic acid groups (broad SMARTS) is 1. The van der Waals surface area contributed by atoms with Crippen molar-refractivity contribution in [3.8, 4) is 22.0 Å². The molecule has 26 heavy (non-hydrogen) atoms. The summed E-state index contributed by atoms with van der Waals surface area (Å²) in [6, 6.07) is 16.2. The largest absolute Gasteiger partial charge is 0.494 e. The third-order valence-electron chi connectivity index (χ3n) is 4.19. The Hall–Kier alpha value is -2.53. The molecule has 1 aromatic carbocycles. The summed E-state index contributed by atoms with van der Waals surface area (Å²) in [5.41, 5.74) is 3.09. The number of carboxylic acids is 1. The van der Waals surface area contributed by atoms with E-state index in [2.05, 4.69) is 23.6 Å². The fourth-order valence-corrected chi connectivity index (χ4v) is 3.60. The number of aryl methyl sites for hydroxylation is 1. The van der Waals surface area contributed by atoms with Crippen LogP contribution in [0.5, 0.6) is 5.75 Å². The van der Waals surface area contributed by atoms with Gasteiger partial charge in [-0.1, -0.05) is 19.4 Å². The highest BCUT2D eigenvalue weighted by molar-refractivity contribution is 7.13. The van der Waals surface area contributed by atoms with Crippen LogP contribution in [0.3, 0.4) is 0 Å². The number of hydrogen-bond acceptors (Lipinski definition) is 3. The number of nitrogens with zero attached hydrogens (tertiary/aromatic N) is 1. The van der Waals surface area contributed by atoms with E-state index >= 15 is 0 Å². The smallest absolute Gasteiger partial charge is 0.303 e. The summed E-state index contributed by atoms with van der Waals surface area (Å²) >= 11 is 1.68. The van der Waals surface area contributed by atoms with Crippen molar-refractivity contribution in [3.05, 3.63) is 59.6 Å². The molecule has 1 N–H and O–H groups in total. The van der Waals surface area contributed by atoms with Crippen LogP contribution in [0.15, 0.2) is 53.9 Å². The Bertz CT molecular complexity index is 835.